The fourth-order valence-electron chi connectivity index (χ4n) is 1.82. The number of aliphatic hydroxyl groups excluding tert-OH is 1. The summed E-state index contributed by atoms with van der Waals surface area (Å²) in [6.45, 7) is 0. The van der Waals surface area contributed by atoms with Crippen molar-refractivity contribution in [1.29, 1.82) is 0 Å². The molecule has 1 unspecified atom stereocenters. The van der Waals surface area contributed by atoms with Crippen LogP contribution in [0.1, 0.15) is 22.9 Å². The van der Waals surface area contributed by atoms with Crippen LogP contribution in [0.25, 0.3) is 0 Å². The molecule has 102 valence electrons. The predicted octanol–water partition coefficient (Wildman–Crippen LogP) is 3.28. The molecule has 7 heteroatoms. The van der Waals surface area contributed by atoms with Crippen LogP contribution < -0.4 is 0 Å². The fraction of sp³-hybridized carbons (Fsp3) is 0.250. The standard InChI is InChI=1S/C12H10BrF3N2O/c1-18-10(4-5-17-18)11(19)8-3-2-7(13)6-9(8)12(14,15)16/h2-6,11,19H,1H3. The highest BCUT2D eigenvalue weighted by molar-refractivity contribution is 9.10. The summed E-state index contributed by atoms with van der Waals surface area (Å²) >= 11 is 3.00. The van der Waals surface area contributed by atoms with E-state index in [-0.39, 0.29) is 5.56 Å². The fourth-order valence-corrected chi connectivity index (χ4v) is 2.19. The van der Waals surface area contributed by atoms with Gasteiger partial charge in [0.05, 0.1) is 11.3 Å². The molecule has 1 atom stereocenters. The van der Waals surface area contributed by atoms with Gasteiger partial charge in [-0.1, -0.05) is 22.0 Å². The van der Waals surface area contributed by atoms with Gasteiger partial charge in [-0.2, -0.15) is 18.3 Å². The van der Waals surface area contributed by atoms with Crippen molar-refractivity contribution in [3.63, 3.8) is 0 Å². The second-order valence-corrected chi connectivity index (χ2v) is 4.93. The molecule has 3 nitrogen and oxygen atoms in total. The Morgan fingerprint density at radius 1 is 1.32 bits per heavy atom. The molecule has 0 aliphatic heterocycles. The van der Waals surface area contributed by atoms with Gasteiger partial charge < -0.3 is 5.11 Å². The minimum Gasteiger partial charge on any atom is -0.382 e. The van der Waals surface area contributed by atoms with Crippen LogP contribution in [0, 0.1) is 0 Å². The normalized spacial score (nSPS) is 13.6. The minimum absolute atomic E-state index is 0.195. The number of halogens is 4. The summed E-state index contributed by atoms with van der Waals surface area (Å²) in [5.41, 5.74) is -0.761. The lowest BCUT2D eigenvalue weighted by Gasteiger charge is -2.18. The molecule has 0 fully saturated rings. The lowest BCUT2D eigenvalue weighted by molar-refractivity contribution is -0.139. The van der Waals surface area contributed by atoms with Crippen LogP contribution in [0.15, 0.2) is 34.9 Å². The van der Waals surface area contributed by atoms with Crippen molar-refractivity contribution >= 4 is 15.9 Å². The number of alkyl halides is 3. The molecule has 1 heterocycles. The van der Waals surface area contributed by atoms with E-state index in [0.29, 0.717) is 10.2 Å². The number of nitrogens with zero attached hydrogens (tertiary/aromatic N) is 2. The molecule has 0 amide bonds. The Morgan fingerprint density at radius 3 is 2.53 bits per heavy atom. The molecule has 1 N–H and O–H groups in total. The molecule has 2 rings (SSSR count). The quantitative estimate of drug-likeness (QED) is 0.915. The Kier molecular flexibility index (Phi) is 3.69. The van der Waals surface area contributed by atoms with Crippen LogP contribution in [0.4, 0.5) is 13.2 Å². The van der Waals surface area contributed by atoms with Crippen molar-refractivity contribution in [2.75, 3.05) is 0 Å². The lowest BCUT2D eigenvalue weighted by atomic mass is 10.00. The highest BCUT2D eigenvalue weighted by Gasteiger charge is 2.35. The summed E-state index contributed by atoms with van der Waals surface area (Å²) in [7, 11) is 1.56. The third-order valence-electron chi connectivity index (χ3n) is 2.75. The molecule has 2 aromatic rings. The van der Waals surface area contributed by atoms with Crippen molar-refractivity contribution in [1.82, 2.24) is 9.78 Å². The van der Waals surface area contributed by atoms with E-state index in [2.05, 4.69) is 21.0 Å². The summed E-state index contributed by atoms with van der Waals surface area (Å²) in [4.78, 5) is 0. The predicted molar refractivity (Wildman–Crippen MR) is 66.4 cm³/mol. The Balaban J connectivity index is 2.54. The van der Waals surface area contributed by atoms with Gasteiger partial charge in [0.15, 0.2) is 0 Å². The zero-order chi connectivity index (χ0) is 14.2. The van der Waals surface area contributed by atoms with E-state index in [1.54, 1.807) is 7.05 Å². The molecule has 19 heavy (non-hydrogen) atoms. The number of aryl methyl sites for hydroxylation is 1. The average molecular weight is 335 g/mol. The first-order valence-corrected chi connectivity index (χ1v) is 6.12. The van der Waals surface area contributed by atoms with E-state index in [4.69, 9.17) is 0 Å². The van der Waals surface area contributed by atoms with Crippen molar-refractivity contribution in [2.24, 2.45) is 7.05 Å². The second kappa shape index (κ2) is 4.97. The number of aromatic nitrogens is 2. The minimum atomic E-state index is -4.53. The van der Waals surface area contributed by atoms with Crippen LogP contribution >= 0.6 is 15.9 Å². The van der Waals surface area contributed by atoms with Gasteiger partial charge in [-0.15, -0.1) is 0 Å². The number of rotatable bonds is 2. The number of hydrogen-bond donors (Lipinski definition) is 1. The highest BCUT2D eigenvalue weighted by atomic mass is 79.9. The van der Waals surface area contributed by atoms with Gasteiger partial charge in [-0.05, 0) is 23.8 Å². The SMILES string of the molecule is Cn1nccc1C(O)c1ccc(Br)cc1C(F)(F)F. The van der Waals surface area contributed by atoms with Crippen molar-refractivity contribution in [3.05, 3.63) is 51.8 Å². The van der Waals surface area contributed by atoms with E-state index in [9.17, 15) is 18.3 Å². The molecule has 0 radical (unpaired) electrons. The van der Waals surface area contributed by atoms with Gasteiger partial charge >= 0.3 is 6.18 Å². The maximum Gasteiger partial charge on any atom is 0.416 e. The third-order valence-corrected chi connectivity index (χ3v) is 3.25. The maximum atomic E-state index is 13.0. The van der Waals surface area contributed by atoms with Crippen LogP contribution in [0.5, 0.6) is 0 Å². The second-order valence-electron chi connectivity index (χ2n) is 4.01. The summed E-state index contributed by atoms with van der Waals surface area (Å²) in [6.07, 6.45) is -4.49. The average Bonchev–Trinajstić information content (AvgIpc) is 2.73. The van der Waals surface area contributed by atoms with Crippen molar-refractivity contribution in [3.8, 4) is 0 Å². The first-order valence-electron chi connectivity index (χ1n) is 5.33. The molecule has 0 spiro atoms. The van der Waals surface area contributed by atoms with E-state index in [1.807, 2.05) is 0 Å². The summed E-state index contributed by atoms with van der Waals surface area (Å²) in [6, 6.07) is 5.15. The van der Waals surface area contributed by atoms with Crippen LogP contribution in [-0.4, -0.2) is 14.9 Å². The Labute approximate surface area is 115 Å². The molecule has 1 aromatic carbocycles. The largest absolute Gasteiger partial charge is 0.416 e. The summed E-state index contributed by atoms with van der Waals surface area (Å²) in [5.74, 6) is 0. The lowest BCUT2D eigenvalue weighted by Crippen LogP contribution is -2.14. The molecular weight excluding hydrogens is 325 g/mol. The van der Waals surface area contributed by atoms with Crippen molar-refractivity contribution in [2.45, 2.75) is 12.3 Å². The van der Waals surface area contributed by atoms with E-state index in [1.165, 1.54) is 29.1 Å². The maximum absolute atomic E-state index is 13.0. The van der Waals surface area contributed by atoms with Crippen molar-refractivity contribution < 1.29 is 18.3 Å². The van der Waals surface area contributed by atoms with Gasteiger partial charge in [0, 0.05) is 17.7 Å². The number of aliphatic hydroxyl groups is 1. The third kappa shape index (κ3) is 2.82. The summed E-state index contributed by atoms with van der Waals surface area (Å²) in [5, 5.41) is 14.0. The molecular formula is C12H10BrF3N2O. The summed E-state index contributed by atoms with van der Waals surface area (Å²) < 4.78 is 40.6. The zero-order valence-corrected chi connectivity index (χ0v) is 11.4. The number of benzene rings is 1. The van der Waals surface area contributed by atoms with Gasteiger partial charge in [0.1, 0.15) is 6.10 Å². The topological polar surface area (TPSA) is 38.0 Å². The van der Waals surface area contributed by atoms with Gasteiger partial charge in [-0.25, -0.2) is 0 Å². The van der Waals surface area contributed by atoms with Crippen LogP contribution in [-0.2, 0) is 13.2 Å². The Bertz CT molecular complexity index is 595. The van der Waals surface area contributed by atoms with Crippen LogP contribution in [0.3, 0.4) is 0 Å². The zero-order valence-electron chi connectivity index (χ0n) is 9.82. The van der Waals surface area contributed by atoms with E-state index >= 15 is 0 Å². The number of hydrogen-bond acceptors (Lipinski definition) is 2. The first-order chi connectivity index (χ1) is 8.80. The molecule has 0 aliphatic rings. The Hall–Kier alpha value is -1.34. The highest BCUT2D eigenvalue weighted by Crippen LogP contribution is 2.37. The van der Waals surface area contributed by atoms with Gasteiger partial charge in [-0.3, -0.25) is 4.68 Å². The van der Waals surface area contributed by atoms with Gasteiger partial charge in [0.25, 0.3) is 0 Å². The Morgan fingerprint density at radius 2 is 2.00 bits per heavy atom. The molecule has 0 saturated heterocycles. The van der Waals surface area contributed by atoms with E-state index in [0.717, 1.165) is 6.07 Å². The molecule has 0 saturated carbocycles. The molecule has 1 aromatic heterocycles. The molecule has 0 bridgehead atoms. The van der Waals surface area contributed by atoms with Gasteiger partial charge in [0.2, 0.25) is 0 Å². The smallest absolute Gasteiger partial charge is 0.382 e. The monoisotopic (exact) mass is 334 g/mol. The molecule has 0 aliphatic carbocycles. The van der Waals surface area contributed by atoms with Crippen LogP contribution in [0.2, 0.25) is 0 Å². The van der Waals surface area contributed by atoms with E-state index < -0.39 is 17.8 Å². The first kappa shape index (κ1) is 14.1.